The molecule has 0 aliphatic carbocycles. The number of nitrogen functional groups attached to an aromatic ring is 1. The molecule has 0 aromatic carbocycles. The predicted molar refractivity (Wildman–Crippen MR) is 77.8 cm³/mol. The minimum absolute atomic E-state index is 0.0198. The molecule has 20 heavy (non-hydrogen) atoms. The molecule has 2 aromatic heterocycles. The van der Waals surface area contributed by atoms with E-state index < -0.39 is 10.0 Å². The molecule has 0 fully saturated rings. The van der Waals surface area contributed by atoms with Crippen molar-refractivity contribution in [3.8, 4) is 0 Å². The van der Waals surface area contributed by atoms with Crippen molar-refractivity contribution in [3.05, 3.63) is 22.3 Å². The van der Waals surface area contributed by atoms with E-state index >= 15 is 0 Å². The maximum atomic E-state index is 12.2. The van der Waals surface area contributed by atoms with Gasteiger partial charge in [-0.2, -0.15) is 5.10 Å². The van der Waals surface area contributed by atoms with Crippen LogP contribution in [0.5, 0.6) is 0 Å². The quantitative estimate of drug-likeness (QED) is 0.831. The van der Waals surface area contributed by atoms with Gasteiger partial charge in [-0.1, -0.05) is 6.92 Å². The standard InChI is InChI=1S/C11H17N5O2S2/c1-3-4-16-7-10(11(12)15-16)20(17,18)14-6-9-5-13-8(2)19-9/h5,7,14H,3-4,6H2,1-2H3,(H2,12,15). The molecular weight excluding hydrogens is 298 g/mol. The molecule has 110 valence electrons. The lowest BCUT2D eigenvalue weighted by molar-refractivity contribution is 0.579. The summed E-state index contributed by atoms with van der Waals surface area (Å²) in [6, 6.07) is 0. The van der Waals surface area contributed by atoms with Gasteiger partial charge in [0.25, 0.3) is 0 Å². The zero-order valence-electron chi connectivity index (χ0n) is 11.3. The van der Waals surface area contributed by atoms with E-state index in [0.717, 1.165) is 16.3 Å². The van der Waals surface area contributed by atoms with Crippen LogP contribution in [-0.2, 0) is 23.1 Å². The summed E-state index contributed by atoms with van der Waals surface area (Å²) in [5.41, 5.74) is 5.67. The Morgan fingerprint density at radius 3 is 2.85 bits per heavy atom. The van der Waals surface area contributed by atoms with Gasteiger partial charge in [0.05, 0.1) is 5.01 Å². The van der Waals surface area contributed by atoms with Gasteiger partial charge in [-0.3, -0.25) is 4.68 Å². The lowest BCUT2D eigenvalue weighted by atomic mass is 10.5. The maximum Gasteiger partial charge on any atom is 0.246 e. The zero-order chi connectivity index (χ0) is 14.8. The van der Waals surface area contributed by atoms with Gasteiger partial charge in [0, 0.05) is 30.4 Å². The van der Waals surface area contributed by atoms with Gasteiger partial charge in [-0.25, -0.2) is 18.1 Å². The van der Waals surface area contributed by atoms with Gasteiger partial charge in [0.1, 0.15) is 4.90 Å². The molecule has 0 saturated heterocycles. The van der Waals surface area contributed by atoms with Crippen molar-refractivity contribution in [2.24, 2.45) is 0 Å². The van der Waals surface area contributed by atoms with Crippen LogP contribution in [0, 0.1) is 6.92 Å². The molecular formula is C11H17N5O2S2. The van der Waals surface area contributed by atoms with Crippen molar-refractivity contribution < 1.29 is 8.42 Å². The summed E-state index contributed by atoms with van der Waals surface area (Å²) in [4.78, 5) is 4.95. The smallest absolute Gasteiger partial charge is 0.246 e. The number of hydrogen-bond donors (Lipinski definition) is 2. The van der Waals surface area contributed by atoms with Gasteiger partial charge in [0.2, 0.25) is 10.0 Å². The fraction of sp³-hybridized carbons (Fsp3) is 0.455. The summed E-state index contributed by atoms with van der Waals surface area (Å²) in [5, 5.41) is 4.89. The van der Waals surface area contributed by atoms with Crippen LogP contribution in [0.2, 0.25) is 0 Å². The summed E-state index contributed by atoms with van der Waals surface area (Å²) in [7, 11) is -3.66. The molecule has 9 heteroatoms. The Morgan fingerprint density at radius 1 is 1.50 bits per heavy atom. The minimum Gasteiger partial charge on any atom is -0.381 e. The van der Waals surface area contributed by atoms with Crippen LogP contribution in [0.3, 0.4) is 0 Å². The highest BCUT2D eigenvalue weighted by Gasteiger charge is 2.21. The third kappa shape index (κ3) is 3.35. The van der Waals surface area contributed by atoms with Gasteiger partial charge in [0.15, 0.2) is 5.82 Å². The monoisotopic (exact) mass is 315 g/mol. The Hall–Kier alpha value is -1.45. The average Bonchev–Trinajstić information content (AvgIpc) is 2.94. The molecule has 0 saturated carbocycles. The molecule has 0 amide bonds. The molecule has 2 aromatic rings. The van der Waals surface area contributed by atoms with E-state index in [1.807, 2.05) is 13.8 Å². The van der Waals surface area contributed by atoms with Crippen LogP contribution >= 0.6 is 11.3 Å². The van der Waals surface area contributed by atoms with E-state index in [-0.39, 0.29) is 17.3 Å². The Kier molecular flexibility index (Phi) is 4.41. The third-order valence-electron chi connectivity index (χ3n) is 2.60. The number of aryl methyl sites for hydroxylation is 2. The van der Waals surface area contributed by atoms with E-state index in [1.165, 1.54) is 17.5 Å². The third-order valence-corrected chi connectivity index (χ3v) is 4.93. The molecule has 0 aliphatic rings. The normalized spacial score (nSPS) is 11.9. The number of thiazole rings is 1. The van der Waals surface area contributed by atoms with Crippen molar-refractivity contribution in [2.75, 3.05) is 5.73 Å². The fourth-order valence-electron chi connectivity index (χ4n) is 1.70. The Labute approximate surface area is 121 Å². The number of nitrogens with one attached hydrogen (secondary N) is 1. The molecule has 2 heterocycles. The molecule has 0 unspecified atom stereocenters. The van der Waals surface area contributed by atoms with Gasteiger partial charge in [-0.05, 0) is 13.3 Å². The van der Waals surface area contributed by atoms with Crippen molar-refractivity contribution in [1.29, 1.82) is 0 Å². The zero-order valence-corrected chi connectivity index (χ0v) is 13.0. The van der Waals surface area contributed by atoms with Crippen molar-refractivity contribution in [3.63, 3.8) is 0 Å². The second kappa shape index (κ2) is 5.90. The average molecular weight is 315 g/mol. The van der Waals surface area contributed by atoms with Gasteiger partial charge >= 0.3 is 0 Å². The summed E-state index contributed by atoms with van der Waals surface area (Å²) in [5.74, 6) is 0.0198. The number of nitrogens with two attached hydrogens (primary N) is 1. The summed E-state index contributed by atoms with van der Waals surface area (Å²) in [6.45, 7) is 4.69. The number of nitrogens with zero attached hydrogens (tertiary/aromatic N) is 3. The molecule has 0 bridgehead atoms. The van der Waals surface area contributed by atoms with E-state index in [1.54, 1.807) is 10.9 Å². The molecule has 0 spiro atoms. The molecule has 3 N–H and O–H groups in total. The topological polar surface area (TPSA) is 103 Å². The first-order valence-electron chi connectivity index (χ1n) is 6.16. The van der Waals surface area contributed by atoms with Crippen LogP contribution in [0.1, 0.15) is 23.2 Å². The fourth-order valence-corrected chi connectivity index (χ4v) is 3.60. The van der Waals surface area contributed by atoms with Crippen LogP contribution < -0.4 is 10.5 Å². The first kappa shape index (κ1) is 14.9. The SMILES string of the molecule is CCCn1cc(S(=O)(=O)NCc2cnc(C)s2)c(N)n1. The van der Waals surface area contributed by atoms with Gasteiger partial charge in [-0.15, -0.1) is 11.3 Å². The van der Waals surface area contributed by atoms with Crippen molar-refractivity contribution in [1.82, 2.24) is 19.5 Å². The number of aromatic nitrogens is 3. The van der Waals surface area contributed by atoms with E-state index in [0.29, 0.717) is 6.54 Å². The summed E-state index contributed by atoms with van der Waals surface area (Å²) >= 11 is 1.45. The minimum atomic E-state index is -3.66. The maximum absolute atomic E-state index is 12.2. The molecule has 0 radical (unpaired) electrons. The number of sulfonamides is 1. The second-order valence-electron chi connectivity index (χ2n) is 4.31. The Balaban J connectivity index is 2.13. The summed E-state index contributed by atoms with van der Waals surface area (Å²) < 4.78 is 28.4. The van der Waals surface area contributed by atoms with Crippen molar-refractivity contribution in [2.45, 2.75) is 38.3 Å². The predicted octanol–water partition coefficient (Wildman–Crippen LogP) is 1.12. The Bertz CT molecular complexity index is 689. The Morgan fingerprint density at radius 2 is 2.25 bits per heavy atom. The lowest BCUT2D eigenvalue weighted by Crippen LogP contribution is -2.23. The molecule has 0 aliphatic heterocycles. The highest BCUT2D eigenvalue weighted by atomic mass is 32.2. The second-order valence-corrected chi connectivity index (χ2v) is 7.37. The number of anilines is 1. The molecule has 7 nitrogen and oxygen atoms in total. The van der Waals surface area contributed by atoms with Gasteiger partial charge < -0.3 is 5.73 Å². The first-order chi connectivity index (χ1) is 9.42. The highest BCUT2D eigenvalue weighted by molar-refractivity contribution is 7.89. The van der Waals surface area contributed by atoms with E-state index in [4.69, 9.17) is 5.73 Å². The first-order valence-corrected chi connectivity index (χ1v) is 8.46. The highest BCUT2D eigenvalue weighted by Crippen LogP contribution is 2.18. The van der Waals surface area contributed by atoms with E-state index in [2.05, 4.69) is 14.8 Å². The molecule has 2 rings (SSSR count). The summed E-state index contributed by atoms with van der Waals surface area (Å²) in [6.07, 6.45) is 3.97. The largest absolute Gasteiger partial charge is 0.381 e. The number of hydrogen-bond acceptors (Lipinski definition) is 6. The van der Waals surface area contributed by atoms with E-state index in [9.17, 15) is 8.42 Å². The van der Waals surface area contributed by atoms with Crippen LogP contribution in [0.15, 0.2) is 17.3 Å². The number of rotatable bonds is 6. The van der Waals surface area contributed by atoms with Crippen molar-refractivity contribution >= 4 is 27.2 Å². The van der Waals surface area contributed by atoms with Crippen LogP contribution in [-0.4, -0.2) is 23.2 Å². The van der Waals surface area contributed by atoms with Crippen LogP contribution in [0.25, 0.3) is 0 Å². The molecule has 0 atom stereocenters. The lowest BCUT2D eigenvalue weighted by Gasteiger charge is -2.03. The van der Waals surface area contributed by atoms with Crippen LogP contribution in [0.4, 0.5) is 5.82 Å².